The van der Waals surface area contributed by atoms with Gasteiger partial charge in [-0.15, -0.1) is 0 Å². The molecule has 0 atom stereocenters. The van der Waals surface area contributed by atoms with Gasteiger partial charge in [0.05, 0.1) is 17.8 Å². The van der Waals surface area contributed by atoms with Crippen LogP contribution in [0.2, 0.25) is 0 Å². The fourth-order valence-electron chi connectivity index (χ4n) is 2.10. The quantitative estimate of drug-likeness (QED) is 0.139. The third kappa shape index (κ3) is 6.58. The second-order valence-electron chi connectivity index (χ2n) is 5.37. The van der Waals surface area contributed by atoms with Crippen molar-refractivity contribution in [2.75, 3.05) is 10.5 Å². The van der Waals surface area contributed by atoms with Crippen molar-refractivity contribution >= 4 is 27.8 Å². The van der Waals surface area contributed by atoms with Gasteiger partial charge < -0.3 is 5.26 Å². The standard InChI is InChI=1S/C14H19F4NO5S2/c1-2-3-4-5-6-7-8-26(21,22)19-13-9(15)11(17)14(25-24-23-20)12(18)10(13)16/h19-20H,2-8H2,1H3/p-1. The van der Waals surface area contributed by atoms with Crippen molar-refractivity contribution in [3.63, 3.8) is 0 Å². The second-order valence-corrected chi connectivity index (χ2v) is 7.92. The fourth-order valence-corrected chi connectivity index (χ4v) is 3.70. The van der Waals surface area contributed by atoms with Crippen LogP contribution in [0.4, 0.5) is 23.2 Å². The molecule has 0 aromatic heterocycles. The normalized spacial score (nSPS) is 11.8. The lowest BCUT2D eigenvalue weighted by atomic mass is 10.1. The van der Waals surface area contributed by atoms with E-state index in [2.05, 4.69) is 9.37 Å². The van der Waals surface area contributed by atoms with Crippen LogP contribution in [-0.2, 0) is 19.4 Å². The molecule has 0 unspecified atom stereocenters. The van der Waals surface area contributed by atoms with Gasteiger partial charge in [-0.05, 0) is 6.42 Å². The molecule has 0 saturated carbocycles. The highest BCUT2D eigenvalue weighted by Gasteiger charge is 2.28. The highest BCUT2D eigenvalue weighted by atomic mass is 32.2. The number of anilines is 1. The van der Waals surface area contributed by atoms with Gasteiger partial charge >= 0.3 is 0 Å². The van der Waals surface area contributed by atoms with Crippen molar-refractivity contribution in [2.24, 2.45) is 0 Å². The Morgan fingerprint density at radius 3 is 2.04 bits per heavy atom. The molecule has 1 N–H and O–H groups in total. The first-order valence-corrected chi connectivity index (χ1v) is 10.1. The summed E-state index contributed by atoms with van der Waals surface area (Å²) in [6.07, 6.45) is 4.62. The van der Waals surface area contributed by atoms with Crippen molar-refractivity contribution in [1.29, 1.82) is 0 Å². The van der Waals surface area contributed by atoms with Gasteiger partial charge in [-0.1, -0.05) is 39.0 Å². The van der Waals surface area contributed by atoms with E-state index in [1.165, 1.54) is 4.72 Å². The zero-order chi connectivity index (χ0) is 19.7. The maximum absolute atomic E-state index is 13.9. The minimum Gasteiger partial charge on any atom is -0.691 e. The SMILES string of the molecule is CCCCCCCCS(=O)(=O)Nc1c(F)c(F)c(SOO[O-])c(F)c1F. The van der Waals surface area contributed by atoms with E-state index in [-0.39, 0.29) is 6.42 Å². The molecule has 1 aromatic carbocycles. The van der Waals surface area contributed by atoms with E-state index >= 15 is 0 Å². The Labute approximate surface area is 153 Å². The number of hydrogen-bond donors (Lipinski definition) is 1. The number of halogens is 4. The molecule has 0 aliphatic heterocycles. The molecule has 0 radical (unpaired) electrons. The highest BCUT2D eigenvalue weighted by molar-refractivity contribution is 7.94. The van der Waals surface area contributed by atoms with Gasteiger partial charge in [-0.2, -0.15) is 4.33 Å². The van der Waals surface area contributed by atoms with E-state index in [4.69, 9.17) is 0 Å². The summed E-state index contributed by atoms with van der Waals surface area (Å²) in [7, 11) is -4.21. The summed E-state index contributed by atoms with van der Waals surface area (Å²) in [5.41, 5.74) is -1.47. The Morgan fingerprint density at radius 1 is 0.962 bits per heavy atom. The summed E-state index contributed by atoms with van der Waals surface area (Å²) in [5.74, 6) is -8.24. The van der Waals surface area contributed by atoms with Crippen LogP contribution >= 0.6 is 12.0 Å². The van der Waals surface area contributed by atoms with Crippen LogP contribution in [0.1, 0.15) is 45.4 Å². The fraction of sp³-hybridized carbons (Fsp3) is 0.571. The Hall–Kier alpha value is -1.08. The molecule has 0 heterocycles. The predicted molar refractivity (Wildman–Crippen MR) is 85.1 cm³/mol. The van der Waals surface area contributed by atoms with Gasteiger partial charge in [0.15, 0.2) is 23.3 Å². The molecule has 0 amide bonds. The summed E-state index contributed by atoms with van der Waals surface area (Å²) >= 11 is -0.390. The molecule has 1 rings (SSSR count). The number of rotatable bonds is 12. The third-order valence-corrected chi connectivity index (χ3v) is 5.38. The van der Waals surface area contributed by atoms with Crippen LogP contribution in [-0.4, -0.2) is 14.2 Å². The van der Waals surface area contributed by atoms with Crippen LogP contribution in [0.5, 0.6) is 0 Å². The van der Waals surface area contributed by atoms with E-state index in [1.54, 1.807) is 0 Å². The number of nitrogens with one attached hydrogen (secondary N) is 1. The number of unbranched alkanes of at least 4 members (excludes halogenated alkanes) is 5. The summed E-state index contributed by atoms with van der Waals surface area (Å²) in [6.45, 7) is 2.03. The van der Waals surface area contributed by atoms with E-state index in [9.17, 15) is 31.2 Å². The van der Waals surface area contributed by atoms with Crippen molar-refractivity contribution in [3.8, 4) is 0 Å². The molecule has 0 aliphatic rings. The summed E-state index contributed by atoms with van der Waals surface area (Å²) in [5, 5.41) is 12.5. The molecule has 0 fully saturated rings. The average molecular weight is 420 g/mol. The average Bonchev–Trinajstić information content (AvgIpc) is 2.60. The lowest BCUT2D eigenvalue weighted by molar-refractivity contribution is -0.777. The van der Waals surface area contributed by atoms with E-state index in [0.717, 1.165) is 25.7 Å². The predicted octanol–water partition coefficient (Wildman–Crippen LogP) is 3.58. The third-order valence-electron chi connectivity index (χ3n) is 3.39. The lowest BCUT2D eigenvalue weighted by Crippen LogP contribution is -2.20. The van der Waals surface area contributed by atoms with Gasteiger partial charge in [0, 0.05) is 0 Å². The van der Waals surface area contributed by atoms with Gasteiger partial charge in [0.1, 0.15) is 10.6 Å². The van der Waals surface area contributed by atoms with E-state index in [0.29, 0.717) is 6.42 Å². The molecule has 6 nitrogen and oxygen atoms in total. The summed E-state index contributed by atoms with van der Waals surface area (Å²) in [4.78, 5) is -1.32. The summed E-state index contributed by atoms with van der Waals surface area (Å²) in [6, 6.07) is 0. The van der Waals surface area contributed by atoms with Gasteiger partial charge in [0.25, 0.3) is 0 Å². The Balaban J connectivity index is 2.85. The number of sulfonamides is 1. The first kappa shape index (κ1) is 23.0. The van der Waals surface area contributed by atoms with Gasteiger partial charge in [0.2, 0.25) is 10.0 Å². The van der Waals surface area contributed by atoms with Crippen LogP contribution < -0.4 is 9.98 Å². The second kappa shape index (κ2) is 10.9. The topological polar surface area (TPSA) is 87.7 Å². The molecule has 12 heteroatoms. The molecule has 0 saturated heterocycles. The summed E-state index contributed by atoms with van der Waals surface area (Å²) < 4.78 is 84.2. The van der Waals surface area contributed by atoms with Crippen molar-refractivity contribution in [3.05, 3.63) is 23.3 Å². The monoisotopic (exact) mass is 420 g/mol. The Morgan fingerprint density at radius 2 is 1.50 bits per heavy atom. The molecular weight excluding hydrogens is 402 g/mol. The van der Waals surface area contributed by atoms with Crippen LogP contribution in [0.15, 0.2) is 4.90 Å². The van der Waals surface area contributed by atoms with E-state index in [1.807, 2.05) is 6.92 Å². The maximum Gasteiger partial charge on any atom is 0.232 e. The smallest absolute Gasteiger partial charge is 0.232 e. The van der Waals surface area contributed by atoms with Gasteiger partial charge in [-0.3, -0.25) is 9.76 Å². The molecular formula is C14H18F4NO5S2-. The maximum atomic E-state index is 13.9. The molecule has 150 valence electrons. The number of benzene rings is 1. The first-order valence-electron chi connectivity index (χ1n) is 7.74. The van der Waals surface area contributed by atoms with Crippen molar-refractivity contribution < 1.29 is 40.6 Å². The zero-order valence-electron chi connectivity index (χ0n) is 13.8. The molecule has 1 aromatic rings. The first-order chi connectivity index (χ1) is 12.2. The van der Waals surface area contributed by atoms with Crippen LogP contribution in [0.25, 0.3) is 0 Å². The Kier molecular flexibility index (Phi) is 9.64. The minimum absolute atomic E-state index is 0.232. The number of hydrogen-bond acceptors (Lipinski definition) is 6. The van der Waals surface area contributed by atoms with E-state index < -0.39 is 61.7 Å². The minimum atomic E-state index is -4.21. The lowest BCUT2D eigenvalue weighted by Gasteiger charge is -2.13. The highest BCUT2D eigenvalue weighted by Crippen LogP contribution is 2.34. The van der Waals surface area contributed by atoms with Crippen molar-refractivity contribution in [1.82, 2.24) is 0 Å². The van der Waals surface area contributed by atoms with Crippen molar-refractivity contribution in [2.45, 2.75) is 50.3 Å². The Bertz CT molecular complexity index is 674. The molecule has 0 spiro atoms. The van der Waals surface area contributed by atoms with Crippen LogP contribution in [0, 0.1) is 23.3 Å². The zero-order valence-corrected chi connectivity index (χ0v) is 15.5. The molecule has 0 aliphatic carbocycles. The van der Waals surface area contributed by atoms with Gasteiger partial charge in [-0.25, -0.2) is 26.0 Å². The van der Waals surface area contributed by atoms with Crippen LogP contribution in [0.3, 0.4) is 0 Å². The molecule has 0 bridgehead atoms. The largest absolute Gasteiger partial charge is 0.691 e. The molecule has 26 heavy (non-hydrogen) atoms.